The second-order valence-corrected chi connectivity index (χ2v) is 15.7. The van der Waals surface area contributed by atoms with Gasteiger partial charge >= 0.3 is 0 Å². The van der Waals surface area contributed by atoms with Crippen LogP contribution >= 0.6 is 0 Å². The van der Waals surface area contributed by atoms with Crippen molar-refractivity contribution in [3.8, 4) is 0 Å². The van der Waals surface area contributed by atoms with Crippen LogP contribution in [0.15, 0.2) is 27.4 Å². The number of likely N-dealkylation sites (tertiary alicyclic amines) is 2. The molecular formula is C34H63FN9OS+. The summed E-state index contributed by atoms with van der Waals surface area (Å²) in [6.45, 7) is 23.8. The number of hydrogen-bond acceptors (Lipinski definition) is 7. The van der Waals surface area contributed by atoms with Gasteiger partial charge in [0.25, 0.3) is 0 Å². The van der Waals surface area contributed by atoms with Crippen molar-refractivity contribution in [3.63, 3.8) is 0 Å². The van der Waals surface area contributed by atoms with E-state index in [9.17, 15) is 8.94 Å². The molecule has 4 fully saturated rings. The number of nitrogens with one attached hydrogen (secondary N) is 2. The van der Waals surface area contributed by atoms with Gasteiger partial charge in [0.1, 0.15) is 0 Å². The minimum atomic E-state index is -0.672. The van der Waals surface area contributed by atoms with Crippen molar-refractivity contribution in [2.75, 3.05) is 72.0 Å². The van der Waals surface area contributed by atoms with Crippen molar-refractivity contribution in [1.29, 1.82) is 0 Å². The van der Waals surface area contributed by atoms with Gasteiger partial charge in [-0.25, -0.2) is 9.38 Å². The topological polar surface area (TPSA) is 94.3 Å². The number of hydrogen-bond donors (Lipinski definition) is 3. The Morgan fingerprint density at radius 2 is 1.78 bits per heavy atom. The molecule has 262 valence electrons. The third kappa shape index (κ3) is 11.3. The molecule has 46 heavy (non-hydrogen) atoms. The van der Waals surface area contributed by atoms with E-state index in [-0.39, 0.29) is 12.1 Å². The van der Waals surface area contributed by atoms with E-state index in [4.69, 9.17) is 9.98 Å². The Bertz CT molecular complexity index is 985. The molecule has 0 aromatic carbocycles. The summed E-state index contributed by atoms with van der Waals surface area (Å²) < 4.78 is 26.4. The minimum absolute atomic E-state index is 0.0417. The highest BCUT2D eigenvalue weighted by Gasteiger charge is 2.41. The summed E-state index contributed by atoms with van der Waals surface area (Å²) in [5, 5.41) is 7.28. The smallest absolute Gasteiger partial charge is 0.240 e. The number of rotatable bonds is 14. The number of halogens is 1. The molecule has 0 spiro atoms. The van der Waals surface area contributed by atoms with Gasteiger partial charge < -0.3 is 20.4 Å². The molecule has 4 aliphatic heterocycles. The van der Waals surface area contributed by atoms with Gasteiger partial charge in [0, 0.05) is 89.9 Å². The first kappa shape index (κ1) is 37.3. The Morgan fingerprint density at radius 1 is 1.09 bits per heavy atom. The Kier molecular flexibility index (Phi) is 15.7. The lowest BCUT2D eigenvalue weighted by Crippen LogP contribution is -2.59. The minimum Gasteiger partial charge on any atom is -0.358 e. The van der Waals surface area contributed by atoms with Crippen LogP contribution in [0.5, 0.6) is 0 Å². The molecule has 3 N–H and O–H groups in total. The van der Waals surface area contributed by atoms with E-state index in [1.807, 2.05) is 6.92 Å². The monoisotopic (exact) mass is 664 g/mol. The number of nitrogens with zero attached hydrogens (tertiary/aromatic N) is 7. The first-order chi connectivity index (χ1) is 22.3. The molecule has 4 rings (SSSR count). The van der Waals surface area contributed by atoms with Gasteiger partial charge in [0.2, 0.25) is 17.3 Å². The molecular weight excluding hydrogens is 602 g/mol. The van der Waals surface area contributed by atoms with Crippen LogP contribution < -0.4 is 10.6 Å². The summed E-state index contributed by atoms with van der Waals surface area (Å²) in [6.07, 6.45) is 10.1. The van der Waals surface area contributed by atoms with Gasteiger partial charge in [-0.15, -0.1) is 0 Å². The van der Waals surface area contributed by atoms with Gasteiger partial charge in [0.05, 0.1) is 18.2 Å². The van der Waals surface area contributed by atoms with Crippen LogP contribution in [0.1, 0.15) is 79.1 Å². The molecule has 2 unspecified atom stereocenters. The average Bonchev–Trinajstić information content (AvgIpc) is 3.03. The first-order valence-electron chi connectivity index (χ1n) is 18.0. The zero-order valence-corrected chi connectivity index (χ0v) is 29.9. The quantitative estimate of drug-likeness (QED) is 0.147. The Hall–Kier alpha value is -1.57. The average molecular weight is 665 g/mol. The summed E-state index contributed by atoms with van der Waals surface area (Å²) in [5.41, 5.74) is 0. The predicted molar refractivity (Wildman–Crippen MR) is 194 cm³/mol. The molecule has 4 saturated heterocycles. The van der Waals surface area contributed by atoms with Gasteiger partial charge in [-0.3, -0.25) is 14.9 Å². The fourth-order valence-corrected chi connectivity index (χ4v) is 9.13. The Morgan fingerprint density at radius 3 is 2.35 bits per heavy atom. The van der Waals surface area contributed by atoms with E-state index in [1.165, 1.54) is 51.6 Å². The highest BCUT2D eigenvalue weighted by molar-refractivity contribution is 7.89. The third-order valence-corrected chi connectivity index (χ3v) is 12.4. The van der Waals surface area contributed by atoms with Crippen LogP contribution in [0, 0.1) is 5.92 Å². The molecule has 0 aromatic rings. The Balaban J connectivity index is 1.15. The molecule has 4 aliphatic rings. The van der Waals surface area contributed by atoms with Crippen LogP contribution in [0.4, 0.5) is 4.39 Å². The molecule has 0 saturated carbocycles. The zero-order chi connectivity index (χ0) is 32.9. The molecule has 0 amide bonds. The number of guanidine groups is 1. The van der Waals surface area contributed by atoms with E-state index in [0.29, 0.717) is 43.0 Å². The van der Waals surface area contributed by atoms with Crippen LogP contribution in [-0.2, 0) is 11.4 Å². The lowest BCUT2D eigenvalue weighted by molar-refractivity contribution is 0.0812. The van der Waals surface area contributed by atoms with Crippen molar-refractivity contribution in [3.05, 3.63) is 12.4 Å². The van der Waals surface area contributed by atoms with Crippen LogP contribution in [0.2, 0.25) is 0 Å². The van der Waals surface area contributed by atoms with Gasteiger partial charge in [-0.05, 0) is 91.9 Å². The van der Waals surface area contributed by atoms with Crippen molar-refractivity contribution < 1.29 is 8.94 Å². The molecule has 2 atom stereocenters. The summed E-state index contributed by atoms with van der Waals surface area (Å²) >= 11 is -0.672. The van der Waals surface area contributed by atoms with Crippen LogP contribution in [0.3, 0.4) is 0 Å². The fourth-order valence-electron chi connectivity index (χ4n) is 7.49. The van der Waals surface area contributed by atoms with E-state index in [1.54, 1.807) is 0 Å². The third-order valence-electron chi connectivity index (χ3n) is 10.4. The second kappa shape index (κ2) is 19.4. The summed E-state index contributed by atoms with van der Waals surface area (Å²) in [6, 6.07) is 1.37. The normalized spacial score (nSPS) is 24.4. The lowest BCUT2D eigenvalue weighted by Gasteiger charge is -2.43. The van der Waals surface area contributed by atoms with Gasteiger partial charge in [-0.1, -0.05) is 10.4 Å². The standard InChI is InChI=1S/C34H63FN9OS/c1-6-44(27(2)3)28(4)39-30(8-7-16-35)9-17-38-34(36-5)40-31-12-22-43(23-13-31)46(45)33-14-18-41(19-15-33)26-29-10-20-42(21-11-29)32-24-37-25-32/h7,16,27,29-33,37,45H,5-6,8-15,17-26H2,1-4H3,(H,38,40)/q+1/b16-7+,39-28?. The van der Waals surface area contributed by atoms with E-state index in [0.717, 1.165) is 76.2 Å². The molecule has 4 heterocycles. The maximum Gasteiger partial charge on any atom is 0.240 e. The molecule has 10 nitrogen and oxygen atoms in total. The summed E-state index contributed by atoms with van der Waals surface area (Å²) in [7, 11) is 0. The van der Waals surface area contributed by atoms with E-state index < -0.39 is 11.4 Å². The molecule has 0 radical (unpaired) electrons. The maximum absolute atomic E-state index is 12.8. The predicted octanol–water partition coefficient (Wildman–Crippen LogP) is 4.03. The molecule has 0 aliphatic carbocycles. The van der Waals surface area contributed by atoms with Crippen LogP contribution in [-0.4, -0.2) is 143 Å². The largest absolute Gasteiger partial charge is 0.358 e. The van der Waals surface area contributed by atoms with Crippen molar-refractivity contribution in [2.45, 2.75) is 108 Å². The van der Waals surface area contributed by atoms with Crippen LogP contribution in [0.25, 0.3) is 0 Å². The van der Waals surface area contributed by atoms with Gasteiger partial charge in [-0.2, -0.15) is 4.55 Å². The van der Waals surface area contributed by atoms with Crippen molar-refractivity contribution >= 4 is 29.9 Å². The lowest BCUT2D eigenvalue weighted by atomic mass is 9.93. The van der Waals surface area contributed by atoms with Crippen molar-refractivity contribution in [1.82, 2.24) is 29.6 Å². The second-order valence-electron chi connectivity index (χ2n) is 13.9. The molecule has 0 aromatic heterocycles. The number of aliphatic imine (C=N–C) groups is 3. The van der Waals surface area contributed by atoms with Crippen molar-refractivity contribution in [2.24, 2.45) is 20.9 Å². The number of amidine groups is 1. The van der Waals surface area contributed by atoms with E-state index >= 15 is 0 Å². The zero-order valence-electron chi connectivity index (χ0n) is 29.1. The van der Waals surface area contributed by atoms with E-state index in [2.05, 4.69) is 62.1 Å². The summed E-state index contributed by atoms with van der Waals surface area (Å²) in [4.78, 5) is 21.4. The number of piperidine rings is 3. The fraction of sp³-hybridized carbons (Fsp3) is 0.853. The highest BCUT2D eigenvalue weighted by atomic mass is 32.2. The Labute approximate surface area is 281 Å². The maximum atomic E-state index is 12.8. The first-order valence-corrected chi connectivity index (χ1v) is 19.2. The molecule has 12 heteroatoms. The SMILES string of the molecule is C=NC(=NCCC(C/C=C/F)N=C(C)N(CC)C(C)C)NC1CCN([S+](O)C2CCN(CC3CCN(C4CNC4)CC3)CC2)CC1. The summed E-state index contributed by atoms with van der Waals surface area (Å²) in [5.74, 6) is 2.38. The van der Waals surface area contributed by atoms with Gasteiger partial charge in [0.15, 0.2) is 5.25 Å². The highest BCUT2D eigenvalue weighted by Crippen LogP contribution is 2.27. The molecule has 0 bridgehead atoms.